The fourth-order valence-corrected chi connectivity index (χ4v) is 3.27. The Morgan fingerprint density at radius 2 is 2.05 bits per heavy atom. The number of hydrogen-bond acceptors (Lipinski definition) is 3. The summed E-state index contributed by atoms with van der Waals surface area (Å²) in [5.41, 5.74) is 2.31. The summed E-state index contributed by atoms with van der Waals surface area (Å²) in [6.07, 6.45) is 2.33. The van der Waals surface area contributed by atoms with Crippen LogP contribution in [-0.4, -0.2) is 41.1 Å². The van der Waals surface area contributed by atoms with Gasteiger partial charge in [-0.15, -0.1) is 0 Å². The molecule has 0 aromatic heterocycles. The van der Waals surface area contributed by atoms with Gasteiger partial charge in [0, 0.05) is 25.2 Å². The van der Waals surface area contributed by atoms with E-state index in [1.54, 1.807) is 0 Å². The topological polar surface area (TPSA) is 52.6 Å². The lowest BCUT2D eigenvalue weighted by Gasteiger charge is -2.34. The first-order valence-electron chi connectivity index (χ1n) is 7.46. The number of nitrogens with zero attached hydrogens (tertiary/aromatic N) is 1. The van der Waals surface area contributed by atoms with Gasteiger partial charge in [-0.25, -0.2) is 0 Å². The van der Waals surface area contributed by atoms with Gasteiger partial charge in [0.15, 0.2) is 0 Å². The maximum absolute atomic E-state index is 12.5. The Bertz CT molecular complexity index is 468. The summed E-state index contributed by atoms with van der Waals surface area (Å²) < 4.78 is 0. The molecule has 4 heteroatoms. The van der Waals surface area contributed by atoms with Gasteiger partial charge in [0.05, 0.1) is 6.10 Å². The number of amides is 1. The van der Waals surface area contributed by atoms with Gasteiger partial charge < -0.3 is 15.3 Å². The van der Waals surface area contributed by atoms with Gasteiger partial charge in [0.25, 0.3) is 0 Å². The maximum atomic E-state index is 12.5. The van der Waals surface area contributed by atoms with Crippen molar-refractivity contribution in [3.8, 4) is 0 Å². The minimum absolute atomic E-state index is 0.115. The van der Waals surface area contributed by atoms with Crippen molar-refractivity contribution >= 4 is 11.6 Å². The summed E-state index contributed by atoms with van der Waals surface area (Å²) >= 11 is 0. The second-order valence-electron chi connectivity index (χ2n) is 5.96. The highest BCUT2D eigenvalue weighted by molar-refractivity contribution is 5.87. The molecule has 4 nitrogen and oxygen atoms in total. The molecule has 1 saturated heterocycles. The van der Waals surface area contributed by atoms with E-state index in [-0.39, 0.29) is 18.1 Å². The van der Waals surface area contributed by atoms with E-state index in [9.17, 15) is 9.90 Å². The lowest BCUT2D eigenvalue weighted by atomic mass is 9.92. The number of aliphatic hydroxyl groups is 1. The van der Waals surface area contributed by atoms with Gasteiger partial charge in [-0.2, -0.15) is 0 Å². The summed E-state index contributed by atoms with van der Waals surface area (Å²) in [5.74, 6) is 0.540. The number of hydrogen-bond donors (Lipinski definition) is 2. The van der Waals surface area contributed by atoms with E-state index in [2.05, 4.69) is 11.4 Å². The first-order chi connectivity index (χ1) is 9.65. The lowest BCUT2D eigenvalue weighted by molar-refractivity contribution is -0.133. The van der Waals surface area contributed by atoms with Crippen molar-refractivity contribution in [2.24, 2.45) is 5.92 Å². The second-order valence-corrected chi connectivity index (χ2v) is 5.96. The van der Waals surface area contributed by atoms with E-state index in [4.69, 9.17) is 0 Å². The zero-order chi connectivity index (χ0) is 14.1. The van der Waals surface area contributed by atoms with Gasteiger partial charge in [0.1, 0.15) is 6.04 Å². The van der Waals surface area contributed by atoms with Crippen LogP contribution in [0.15, 0.2) is 24.3 Å². The predicted molar refractivity (Wildman–Crippen MR) is 78.5 cm³/mol. The molecule has 1 aromatic rings. The second kappa shape index (κ2) is 5.44. The van der Waals surface area contributed by atoms with Gasteiger partial charge in [-0.1, -0.05) is 18.2 Å². The summed E-state index contributed by atoms with van der Waals surface area (Å²) in [4.78, 5) is 14.5. The monoisotopic (exact) mass is 274 g/mol. The van der Waals surface area contributed by atoms with Gasteiger partial charge in [0.2, 0.25) is 5.91 Å². The van der Waals surface area contributed by atoms with Crippen molar-refractivity contribution in [3.63, 3.8) is 0 Å². The largest absolute Gasteiger partial charge is 0.393 e. The molecule has 0 bridgehead atoms. The lowest BCUT2D eigenvalue weighted by Crippen LogP contribution is -2.47. The summed E-state index contributed by atoms with van der Waals surface area (Å²) in [5, 5.41) is 12.9. The number of fused-ring (bicyclic) bond motifs is 1. The number of nitrogens with one attached hydrogen (secondary N) is 1. The number of piperidine rings is 1. The Labute approximate surface area is 119 Å². The van der Waals surface area contributed by atoms with E-state index in [1.165, 1.54) is 5.56 Å². The van der Waals surface area contributed by atoms with Crippen LogP contribution in [0.3, 0.4) is 0 Å². The Kier molecular flexibility index (Phi) is 3.66. The molecule has 2 heterocycles. The van der Waals surface area contributed by atoms with Crippen LogP contribution in [0, 0.1) is 5.92 Å². The number of para-hydroxylation sites is 1. The van der Waals surface area contributed by atoms with Crippen molar-refractivity contribution < 1.29 is 9.90 Å². The third-order valence-corrected chi connectivity index (χ3v) is 4.60. The van der Waals surface area contributed by atoms with Crippen LogP contribution in [0.4, 0.5) is 5.69 Å². The van der Waals surface area contributed by atoms with E-state index >= 15 is 0 Å². The predicted octanol–water partition coefficient (Wildman–Crippen LogP) is 1.64. The molecule has 0 saturated carbocycles. The molecule has 108 valence electrons. The number of benzene rings is 1. The third kappa shape index (κ3) is 2.52. The molecular weight excluding hydrogens is 252 g/mol. The first-order valence-corrected chi connectivity index (χ1v) is 7.46. The highest BCUT2D eigenvalue weighted by Crippen LogP contribution is 2.27. The normalized spacial score (nSPS) is 24.1. The Hall–Kier alpha value is -1.55. The van der Waals surface area contributed by atoms with Crippen LogP contribution < -0.4 is 5.32 Å². The van der Waals surface area contributed by atoms with Crippen LogP contribution in [0.2, 0.25) is 0 Å². The molecular formula is C16H22N2O2. The standard InChI is InChI=1S/C16H22N2O2/c1-11(19)12-6-8-18(9-7-12)16(20)15-10-13-4-2-3-5-14(13)17-15/h2-5,11-12,15,17,19H,6-10H2,1H3/t11?,15-/m0/s1. The average Bonchev–Trinajstić information content (AvgIpc) is 2.90. The van der Waals surface area contributed by atoms with E-state index < -0.39 is 0 Å². The van der Waals surface area contributed by atoms with Gasteiger partial charge in [-0.3, -0.25) is 4.79 Å². The molecule has 2 aliphatic heterocycles. The average molecular weight is 274 g/mol. The van der Waals surface area contributed by atoms with Crippen molar-refractivity contribution in [1.29, 1.82) is 0 Å². The molecule has 2 N–H and O–H groups in total. The van der Waals surface area contributed by atoms with Crippen molar-refractivity contribution in [2.45, 2.75) is 38.3 Å². The number of rotatable bonds is 2. The van der Waals surface area contributed by atoms with Crippen LogP contribution in [0.5, 0.6) is 0 Å². The zero-order valence-corrected chi connectivity index (χ0v) is 11.9. The van der Waals surface area contributed by atoms with Crippen LogP contribution in [-0.2, 0) is 11.2 Å². The number of anilines is 1. The minimum atomic E-state index is -0.263. The molecule has 1 unspecified atom stereocenters. The molecule has 2 aliphatic rings. The van der Waals surface area contributed by atoms with E-state index in [0.717, 1.165) is 38.0 Å². The summed E-state index contributed by atoms with van der Waals surface area (Å²) in [7, 11) is 0. The van der Waals surface area contributed by atoms with Crippen molar-refractivity contribution in [1.82, 2.24) is 4.90 Å². The Balaban J connectivity index is 1.59. The van der Waals surface area contributed by atoms with Crippen molar-refractivity contribution in [2.75, 3.05) is 18.4 Å². The fraction of sp³-hybridized carbons (Fsp3) is 0.562. The van der Waals surface area contributed by atoms with E-state index in [0.29, 0.717) is 5.92 Å². The molecule has 3 rings (SSSR count). The highest BCUT2D eigenvalue weighted by Gasteiger charge is 2.32. The van der Waals surface area contributed by atoms with Crippen LogP contribution in [0.25, 0.3) is 0 Å². The first kappa shape index (κ1) is 13.4. The fourth-order valence-electron chi connectivity index (χ4n) is 3.27. The third-order valence-electron chi connectivity index (χ3n) is 4.60. The molecule has 1 aromatic carbocycles. The molecule has 0 radical (unpaired) electrons. The maximum Gasteiger partial charge on any atom is 0.245 e. The van der Waals surface area contributed by atoms with Gasteiger partial charge in [-0.05, 0) is 37.3 Å². The molecule has 1 fully saturated rings. The van der Waals surface area contributed by atoms with Gasteiger partial charge >= 0.3 is 0 Å². The molecule has 0 spiro atoms. The molecule has 1 amide bonds. The van der Waals surface area contributed by atoms with Crippen molar-refractivity contribution in [3.05, 3.63) is 29.8 Å². The Morgan fingerprint density at radius 1 is 1.35 bits per heavy atom. The Morgan fingerprint density at radius 3 is 2.70 bits per heavy atom. The number of likely N-dealkylation sites (tertiary alicyclic amines) is 1. The molecule has 0 aliphatic carbocycles. The number of aliphatic hydroxyl groups excluding tert-OH is 1. The number of carbonyl (C=O) groups excluding carboxylic acids is 1. The van der Waals surface area contributed by atoms with Crippen LogP contribution in [0.1, 0.15) is 25.3 Å². The zero-order valence-electron chi connectivity index (χ0n) is 11.9. The van der Waals surface area contributed by atoms with E-state index in [1.807, 2.05) is 30.0 Å². The molecule has 20 heavy (non-hydrogen) atoms. The smallest absolute Gasteiger partial charge is 0.245 e. The van der Waals surface area contributed by atoms with Crippen LogP contribution >= 0.6 is 0 Å². The SMILES string of the molecule is CC(O)C1CCN(C(=O)[C@@H]2Cc3ccccc3N2)CC1. The molecule has 2 atom stereocenters. The minimum Gasteiger partial charge on any atom is -0.393 e. The summed E-state index contributed by atoms with van der Waals surface area (Å²) in [6, 6.07) is 8.00. The number of carbonyl (C=O) groups is 1. The highest BCUT2D eigenvalue weighted by atomic mass is 16.3. The quantitative estimate of drug-likeness (QED) is 0.862. The summed E-state index contributed by atoms with van der Waals surface area (Å²) in [6.45, 7) is 3.38.